The maximum absolute atomic E-state index is 11.5. The molecule has 0 heterocycles. The normalized spacial score (nSPS) is 12.7. The maximum Gasteiger partial charge on any atom is 0.213 e. The van der Waals surface area contributed by atoms with Crippen molar-refractivity contribution in [3.8, 4) is 0 Å². The van der Waals surface area contributed by atoms with Crippen LogP contribution in [0.25, 0.3) is 0 Å². The first-order chi connectivity index (χ1) is 9.45. The molecule has 0 radical (unpaired) electrons. The fourth-order valence-electron chi connectivity index (χ4n) is 1.56. The summed E-state index contributed by atoms with van der Waals surface area (Å²) in [6.07, 6.45) is 0.632. The first-order valence-corrected chi connectivity index (χ1v) is 8.12. The van der Waals surface area contributed by atoms with Crippen LogP contribution in [0.3, 0.4) is 0 Å². The number of nitrogens with two attached hydrogens (primary N) is 1. The third kappa shape index (κ3) is 5.58. The minimum Gasteiger partial charge on any atom is -0.370 e. The standard InChI is InChI=1S/C13H22N4O2S/c1-3-20(18,19)17(2)11-7-10-15-13(14)16-12-8-5-4-6-9-12/h4-6,8-9H,3,7,10-11H2,1-2H3,(H3,14,15,16). The van der Waals surface area contributed by atoms with Crippen LogP contribution >= 0.6 is 0 Å². The molecule has 0 atom stereocenters. The van der Waals surface area contributed by atoms with E-state index in [-0.39, 0.29) is 5.75 Å². The minimum absolute atomic E-state index is 0.116. The summed E-state index contributed by atoms with van der Waals surface area (Å²) in [6, 6.07) is 9.51. The van der Waals surface area contributed by atoms with Crippen LogP contribution in [0, 0.1) is 0 Å². The summed E-state index contributed by atoms with van der Waals surface area (Å²) in [5, 5.41) is 2.97. The Morgan fingerprint density at radius 1 is 1.35 bits per heavy atom. The molecule has 0 aliphatic rings. The highest BCUT2D eigenvalue weighted by atomic mass is 32.2. The van der Waals surface area contributed by atoms with Crippen LogP contribution in [-0.2, 0) is 10.0 Å². The predicted octanol–water partition coefficient (Wildman–Crippen LogP) is 1.08. The van der Waals surface area contributed by atoms with E-state index in [0.29, 0.717) is 25.5 Å². The van der Waals surface area contributed by atoms with E-state index in [1.54, 1.807) is 14.0 Å². The van der Waals surface area contributed by atoms with Gasteiger partial charge in [0.15, 0.2) is 5.96 Å². The molecular weight excluding hydrogens is 276 g/mol. The molecule has 7 heteroatoms. The highest BCUT2D eigenvalue weighted by Gasteiger charge is 2.13. The topological polar surface area (TPSA) is 87.8 Å². The number of nitrogens with zero attached hydrogens (tertiary/aromatic N) is 2. The fraction of sp³-hybridized carbons (Fsp3) is 0.462. The Morgan fingerprint density at radius 3 is 2.60 bits per heavy atom. The Labute approximate surface area is 120 Å². The summed E-state index contributed by atoms with van der Waals surface area (Å²) in [5.41, 5.74) is 6.62. The van der Waals surface area contributed by atoms with E-state index in [4.69, 9.17) is 5.73 Å². The van der Waals surface area contributed by atoms with Gasteiger partial charge in [-0.05, 0) is 25.5 Å². The molecular formula is C13H22N4O2S. The van der Waals surface area contributed by atoms with Crippen molar-refractivity contribution < 1.29 is 8.42 Å². The highest BCUT2D eigenvalue weighted by molar-refractivity contribution is 7.89. The van der Waals surface area contributed by atoms with Gasteiger partial charge in [0, 0.05) is 25.8 Å². The van der Waals surface area contributed by atoms with Crippen molar-refractivity contribution in [1.29, 1.82) is 0 Å². The van der Waals surface area contributed by atoms with Crippen molar-refractivity contribution in [2.24, 2.45) is 10.7 Å². The number of anilines is 1. The number of para-hydroxylation sites is 1. The number of guanidine groups is 1. The average Bonchev–Trinajstić information content (AvgIpc) is 2.44. The van der Waals surface area contributed by atoms with Gasteiger partial charge in [-0.2, -0.15) is 0 Å². The number of sulfonamides is 1. The van der Waals surface area contributed by atoms with Crippen molar-refractivity contribution in [1.82, 2.24) is 4.31 Å². The molecule has 0 aliphatic carbocycles. The van der Waals surface area contributed by atoms with Crippen molar-refractivity contribution in [2.75, 3.05) is 31.2 Å². The SMILES string of the molecule is CCS(=O)(=O)N(C)CCCN=C(N)Nc1ccccc1. The van der Waals surface area contributed by atoms with Gasteiger partial charge < -0.3 is 11.1 Å². The van der Waals surface area contributed by atoms with Gasteiger partial charge in [0.2, 0.25) is 10.0 Å². The number of rotatable bonds is 7. The van der Waals surface area contributed by atoms with Crippen LogP contribution in [-0.4, -0.2) is 44.6 Å². The molecule has 1 aromatic carbocycles. The van der Waals surface area contributed by atoms with E-state index in [9.17, 15) is 8.42 Å². The predicted molar refractivity (Wildman–Crippen MR) is 83.3 cm³/mol. The zero-order valence-electron chi connectivity index (χ0n) is 11.9. The molecule has 1 aromatic rings. The van der Waals surface area contributed by atoms with Gasteiger partial charge in [-0.1, -0.05) is 18.2 Å². The second kappa shape index (κ2) is 7.86. The third-order valence-corrected chi connectivity index (χ3v) is 4.66. The van der Waals surface area contributed by atoms with Crippen LogP contribution < -0.4 is 11.1 Å². The van der Waals surface area contributed by atoms with E-state index in [1.807, 2.05) is 30.3 Å². The lowest BCUT2D eigenvalue weighted by atomic mass is 10.3. The van der Waals surface area contributed by atoms with Gasteiger partial charge >= 0.3 is 0 Å². The number of hydrogen-bond donors (Lipinski definition) is 2. The summed E-state index contributed by atoms with van der Waals surface area (Å²) in [7, 11) is -1.53. The van der Waals surface area contributed by atoms with E-state index >= 15 is 0 Å². The molecule has 112 valence electrons. The molecule has 0 aromatic heterocycles. The number of nitrogens with one attached hydrogen (secondary N) is 1. The van der Waals surface area contributed by atoms with Gasteiger partial charge in [0.05, 0.1) is 5.75 Å². The molecule has 0 amide bonds. The Balaban J connectivity index is 2.34. The molecule has 0 fully saturated rings. The monoisotopic (exact) mass is 298 g/mol. The van der Waals surface area contributed by atoms with Crippen LogP contribution in [0.15, 0.2) is 35.3 Å². The molecule has 0 saturated heterocycles. The van der Waals surface area contributed by atoms with Crippen molar-refractivity contribution >= 4 is 21.7 Å². The van der Waals surface area contributed by atoms with E-state index in [1.165, 1.54) is 4.31 Å². The molecule has 0 bridgehead atoms. The lowest BCUT2D eigenvalue weighted by Crippen LogP contribution is -2.30. The molecule has 0 unspecified atom stereocenters. The average molecular weight is 298 g/mol. The van der Waals surface area contributed by atoms with Crippen LogP contribution in [0.4, 0.5) is 5.69 Å². The second-order valence-corrected chi connectivity index (χ2v) is 6.70. The summed E-state index contributed by atoms with van der Waals surface area (Å²) in [4.78, 5) is 4.16. The minimum atomic E-state index is -3.11. The third-order valence-electron chi connectivity index (χ3n) is 2.80. The zero-order chi connectivity index (χ0) is 15.0. The Bertz CT molecular complexity index is 529. The molecule has 20 heavy (non-hydrogen) atoms. The van der Waals surface area contributed by atoms with Crippen molar-refractivity contribution in [2.45, 2.75) is 13.3 Å². The van der Waals surface area contributed by atoms with Gasteiger partial charge in [-0.15, -0.1) is 0 Å². The molecule has 1 rings (SSSR count). The van der Waals surface area contributed by atoms with Crippen LogP contribution in [0.1, 0.15) is 13.3 Å². The summed E-state index contributed by atoms with van der Waals surface area (Å²) in [5.74, 6) is 0.446. The van der Waals surface area contributed by atoms with E-state index < -0.39 is 10.0 Å². The maximum atomic E-state index is 11.5. The first kappa shape index (κ1) is 16.5. The highest BCUT2D eigenvalue weighted by Crippen LogP contribution is 2.04. The number of benzene rings is 1. The zero-order valence-corrected chi connectivity index (χ0v) is 12.7. The van der Waals surface area contributed by atoms with Gasteiger partial charge in [0.25, 0.3) is 0 Å². The molecule has 6 nitrogen and oxygen atoms in total. The Hall–Kier alpha value is -1.60. The smallest absolute Gasteiger partial charge is 0.213 e. The molecule has 0 spiro atoms. The fourth-order valence-corrected chi connectivity index (χ4v) is 2.41. The van der Waals surface area contributed by atoms with Crippen molar-refractivity contribution in [3.63, 3.8) is 0 Å². The largest absolute Gasteiger partial charge is 0.370 e. The van der Waals surface area contributed by atoms with Gasteiger partial charge in [0.1, 0.15) is 0 Å². The number of aliphatic imine (C=N–C) groups is 1. The Morgan fingerprint density at radius 2 is 2.00 bits per heavy atom. The summed E-state index contributed by atoms with van der Waals surface area (Å²) in [6.45, 7) is 2.55. The van der Waals surface area contributed by atoms with Gasteiger partial charge in [-0.3, -0.25) is 4.99 Å². The molecule has 0 aliphatic heterocycles. The number of hydrogen-bond acceptors (Lipinski definition) is 3. The first-order valence-electron chi connectivity index (χ1n) is 6.51. The molecule has 3 N–H and O–H groups in total. The summed E-state index contributed by atoms with van der Waals surface area (Å²) >= 11 is 0. The van der Waals surface area contributed by atoms with Crippen LogP contribution in [0.2, 0.25) is 0 Å². The van der Waals surface area contributed by atoms with Crippen LogP contribution in [0.5, 0.6) is 0 Å². The van der Waals surface area contributed by atoms with Gasteiger partial charge in [-0.25, -0.2) is 12.7 Å². The second-order valence-electron chi connectivity index (χ2n) is 4.33. The summed E-state index contributed by atoms with van der Waals surface area (Å²) < 4.78 is 24.4. The molecule has 0 saturated carbocycles. The Kier molecular flexibility index (Phi) is 6.47. The van der Waals surface area contributed by atoms with E-state index in [2.05, 4.69) is 10.3 Å². The lowest BCUT2D eigenvalue weighted by Gasteiger charge is -2.14. The lowest BCUT2D eigenvalue weighted by molar-refractivity contribution is 0.465. The quantitative estimate of drug-likeness (QED) is 0.448. The van der Waals surface area contributed by atoms with E-state index in [0.717, 1.165) is 5.69 Å². The van der Waals surface area contributed by atoms with Crippen molar-refractivity contribution in [3.05, 3.63) is 30.3 Å².